The van der Waals surface area contributed by atoms with Crippen LogP contribution in [0, 0.1) is 5.92 Å². The number of hydrogen-bond acceptors (Lipinski definition) is 5. The smallest absolute Gasteiger partial charge is 0.406 e. The number of imide groups is 1. The summed E-state index contributed by atoms with van der Waals surface area (Å²) in [5, 5.41) is 2.83. The Morgan fingerprint density at radius 2 is 1.79 bits per heavy atom. The van der Waals surface area contributed by atoms with E-state index in [1.807, 2.05) is 0 Å². The number of carbonyl (C=O) groups is 3. The molecule has 1 aliphatic carbocycles. The van der Waals surface area contributed by atoms with Crippen LogP contribution in [-0.4, -0.2) is 40.6 Å². The van der Waals surface area contributed by atoms with Crippen LogP contribution in [0.15, 0.2) is 42.6 Å². The maximum absolute atomic E-state index is 12.8. The summed E-state index contributed by atoms with van der Waals surface area (Å²) in [5.41, 5.74) is 0.813. The van der Waals surface area contributed by atoms with E-state index in [2.05, 4.69) is 15.0 Å². The molecule has 8 nitrogen and oxygen atoms in total. The van der Waals surface area contributed by atoms with Gasteiger partial charge in [0.15, 0.2) is 0 Å². The Labute approximate surface area is 193 Å². The Hall–Kier alpha value is -3.63. The van der Waals surface area contributed by atoms with E-state index in [-0.39, 0.29) is 30.6 Å². The van der Waals surface area contributed by atoms with E-state index in [0.717, 1.165) is 49.1 Å². The maximum Gasteiger partial charge on any atom is 0.573 e. The fourth-order valence-electron chi connectivity index (χ4n) is 4.18. The lowest BCUT2D eigenvalue weighted by atomic mass is 9.89. The van der Waals surface area contributed by atoms with Crippen LogP contribution in [-0.2, 0) is 16.1 Å². The second-order valence-corrected chi connectivity index (χ2v) is 8.28. The van der Waals surface area contributed by atoms with Crippen molar-refractivity contribution >= 4 is 29.4 Å². The number of alkyl halides is 3. The molecule has 0 unspecified atom stereocenters. The van der Waals surface area contributed by atoms with Gasteiger partial charge in [0.05, 0.1) is 5.69 Å². The van der Waals surface area contributed by atoms with Crippen molar-refractivity contribution in [1.82, 2.24) is 9.88 Å². The van der Waals surface area contributed by atoms with Crippen LogP contribution in [0.1, 0.15) is 37.7 Å². The van der Waals surface area contributed by atoms with Gasteiger partial charge in [-0.2, -0.15) is 0 Å². The summed E-state index contributed by atoms with van der Waals surface area (Å²) in [5.74, 6) is -0.677. The van der Waals surface area contributed by atoms with Gasteiger partial charge in [0.1, 0.15) is 18.1 Å². The molecule has 1 saturated heterocycles. The van der Waals surface area contributed by atoms with Gasteiger partial charge in [-0.3, -0.25) is 9.59 Å². The van der Waals surface area contributed by atoms with E-state index in [1.165, 1.54) is 23.2 Å². The minimum atomic E-state index is -4.84. The van der Waals surface area contributed by atoms with Crippen molar-refractivity contribution in [2.75, 3.05) is 16.8 Å². The predicted octanol–water partition coefficient (Wildman–Crippen LogP) is 4.47. The number of nitrogens with one attached hydrogen (secondary N) is 1. The molecule has 1 aromatic heterocycles. The van der Waals surface area contributed by atoms with Crippen LogP contribution >= 0.6 is 0 Å². The number of aromatic nitrogens is 1. The van der Waals surface area contributed by atoms with Crippen molar-refractivity contribution in [3.8, 4) is 5.75 Å². The van der Waals surface area contributed by atoms with E-state index in [0.29, 0.717) is 11.4 Å². The van der Waals surface area contributed by atoms with Crippen molar-refractivity contribution < 1.29 is 32.3 Å². The molecule has 0 spiro atoms. The summed E-state index contributed by atoms with van der Waals surface area (Å²) in [6.07, 6.45) is 1.60. The molecular formula is C23H23F3N4O4. The monoisotopic (exact) mass is 476 g/mol. The Balaban J connectivity index is 1.40. The van der Waals surface area contributed by atoms with Gasteiger partial charge in [0, 0.05) is 18.7 Å². The highest BCUT2D eigenvalue weighted by molar-refractivity contribution is 6.19. The van der Waals surface area contributed by atoms with Crippen molar-refractivity contribution in [1.29, 1.82) is 0 Å². The molecule has 4 rings (SSSR count). The number of urea groups is 1. The van der Waals surface area contributed by atoms with Crippen LogP contribution in [0.3, 0.4) is 0 Å². The number of anilines is 2. The third-order valence-corrected chi connectivity index (χ3v) is 5.79. The highest BCUT2D eigenvalue weighted by atomic mass is 19.4. The number of benzene rings is 1. The number of ether oxygens (including phenoxy) is 1. The first-order chi connectivity index (χ1) is 16.2. The molecule has 1 aromatic carbocycles. The third kappa shape index (κ3) is 5.64. The van der Waals surface area contributed by atoms with Gasteiger partial charge < -0.3 is 15.0 Å². The fourth-order valence-corrected chi connectivity index (χ4v) is 4.18. The molecule has 2 fully saturated rings. The number of amides is 4. The Kier molecular flexibility index (Phi) is 6.71. The maximum atomic E-state index is 12.8. The van der Waals surface area contributed by atoms with Crippen LogP contribution < -0.4 is 15.0 Å². The Morgan fingerprint density at radius 3 is 2.47 bits per heavy atom. The molecule has 11 heteroatoms. The zero-order chi connectivity index (χ0) is 24.3. The summed E-state index contributed by atoms with van der Waals surface area (Å²) in [4.78, 5) is 44.2. The van der Waals surface area contributed by atoms with Gasteiger partial charge in [-0.15, -0.1) is 13.2 Å². The molecule has 2 aliphatic rings. The number of hydrogen-bond donors (Lipinski definition) is 1. The molecule has 34 heavy (non-hydrogen) atoms. The van der Waals surface area contributed by atoms with E-state index in [4.69, 9.17) is 0 Å². The van der Waals surface area contributed by atoms with Gasteiger partial charge >= 0.3 is 12.4 Å². The molecule has 1 saturated carbocycles. The highest BCUT2D eigenvalue weighted by Crippen LogP contribution is 2.28. The second kappa shape index (κ2) is 9.70. The van der Waals surface area contributed by atoms with Gasteiger partial charge in [-0.1, -0.05) is 19.3 Å². The summed E-state index contributed by atoms with van der Waals surface area (Å²) < 4.78 is 40.8. The fraction of sp³-hybridized carbons (Fsp3) is 0.391. The summed E-state index contributed by atoms with van der Waals surface area (Å²) in [6.45, 7) is -0.0864. The van der Waals surface area contributed by atoms with E-state index >= 15 is 0 Å². The second-order valence-electron chi connectivity index (χ2n) is 8.28. The lowest BCUT2D eigenvalue weighted by molar-refractivity contribution is -0.274. The standard InChI is InChI=1S/C23H23F3N4O4/c24-23(25,26)34-18-8-6-17(7-9-18)30-20(31)14-29(22(30)33)13-15-10-11-27-19(12-15)28-21(32)16-4-2-1-3-5-16/h6-12,16H,1-5,13-14H2,(H,27,28,32). The average Bonchev–Trinajstić information content (AvgIpc) is 3.07. The summed E-state index contributed by atoms with van der Waals surface area (Å²) >= 11 is 0. The molecule has 1 aliphatic heterocycles. The molecule has 180 valence electrons. The average molecular weight is 476 g/mol. The van der Waals surface area contributed by atoms with Crippen LogP contribution in [0.25, 0.3) is 0 Å². The molecular weight excluding hydrogens is 453 g/mol. The Bertz CT molecular complexity index is 1070. The minimum absolute atomic E-state index is 0.0292. The lowest BCUT2D eigenvalue weighted by Crippen LogP contribution is -2.32. The van der Waals surface area contributed by atoms with Crippen molar-refractivity contribution in [3.05, 3.63) is 48.2 Å². The number of carbonyl (C=O) groups excluding carboxylic acids is 3. The number of pyridine rings is 1. The van der Waals surface area contributed by atoms with Gasteiger partial charge in [-0.05, 0) is 54.8 Å². The molecule has 0 radical (unpaired) electrons. The Morgan fingerprint density at radius 1 is 1.09 bits per heavy atom. The van der Waals surface area contributed by atoms with E-state index < -0.39 is 24.1 Å². The predicted molar refractivity (Wildman–Crippen MR) is 116 cm³/mol. The molecule has 4 amide bonds. The molecule has 0 atom stereocenters. The van der Waals surface area contributed by atoms with Gasteiger partial charge in [-0.25, -0.2) is 14.7 Å². The minimum Gasteiger partial charge on any atom is -0.406 e. The van der Waals surface area contributed by atoms with E-state index in [9.17, 15) is 27.6 Å². The third-order valence-electron chi connectivity index (χ3n) is 5.79. The highest BCUT2D eigenvalue weighted by Gasteiger charge is 2.37. The van der Waals surface area contributed by atoms with Gasteiger partial charge in [0.25, 0.3) is 5.91 Å². The molecule has 2 aromatic rings. The van der Waals surface area contributed by atoms with Crippen LogP contribution in [0.2, 0.25) is 0 Å². The number of rotatable bonds is 6. The van der Waals surface area contributed by atoms with E-state index in [1.54, 1.807) is 12.1 Å². The lowest BCUT2D eigenvalue weighted by Gasteiger charge is -2.21. The molecule has 1 N–H and O–H groups in total. The van der Waals surface area contributed by atoms with Crippen molar-refractivity contribution in [3.63, 3.8) is 0 Å². The summed E-state index contributed by atoms with van der Waals surface area (Å²) in [6, 6.07) is 7.24. The van der Waals surface area contributed by atoms with Crippen LogP contribution in [0.4, 0.5) is 29.5 Å². The first-order valence-electron chi connectivity index (χ1n) is 10.9. The SMILES string of the molecule is O=C(Nc1cc(CN2CC(=O)N(c3ccc(OC(F)(F)F)cc3)C2=O)ccn1)C1CCCCC1. The summed E-state index contributed by atoms with van der Waals surface area (Å²) in [7, 11) is 0. The van der Waals surface area contributed by atoms with Gasteiger partial charge in [0.2, 0.25) is 5.91 Å². The molecule has 2 heterocycles. The van der Waals surface area contributed by atoms with Crippen molar-refractivity contribution in [2.45, 2.75) is 45.0 Å². The quantitative estimate of drug-likeness (QED) is 0.622. The topological polar surface area (TPSA) is 91.8 Å². The first kappa shape index (κ1) is 23.5. The first-order valence-corrected chi connectivity index (χ1v) is 10.9. The number of halogens is 3. The normalized spacial score (nSPS) is 17.3. The van der Waals surface area contributed by atoms with Crippen LogP contribution in [0.5, 0.6) is 5.75 Å². The van der Waals surface area contributed by atoms with Crippen molar-refractivity contribution in [2.24, 2.45) is 5.92 Å². The molecule has 0 bridgehead atoms. The zero-order valence-electron chi connectivity index (χ0n) is 18.2. The number of nitrogens with zero attached hydrogens (tertiary/aromatic N) is 3. The zero-order valence-corrected chi connectivity index (χ0v) is 18.2. The largest absolute Gasteiger partial charge is 0.573 e.